The van der Waals surface area contributed by atoms with Gasteiger partial charge in [-0.25, -0.2) is 0 Å². The maximum atomic E-state index is 12.6. The number of aliphatic hydroxyl groups excluding tert-OH is 1. The fourth-order valence-electron chi connectivity index (χ4n) is 3.16. The number of likely N-dealkylation sites (tertiary alicyclic amines) is 1. The molecule has 0 aromatic heterocycles. The SMILES string of the molecule is C=C[C@H]1[C@H](CO)C[C@H](C(=O)OC(C)(C)C)N1Cc1ccccc1. The number of aliphatic hydroxyl groups is 1. The van der Waals surface area contributed by atoms with Gasteiger partial charge in [0.25, 0.3) is 0 Å². The number of hydrogen-bond acceptors (Lipinski definition) is 4. The minimum Gasteiger partial charge on any atom is -0.459 e. The van der Waals surface area contributed by atoms with Crippen LogP contribution in [0.5, 0.6) is 0 Å². The Kier molecular flexibility index (Phi) is 5.60. The standard InChI is InChI=1S/C19H27NO3/c1-5-16-15(13-21)11-17(18(22)23-19(2,3)4)20(16)12-14-9-7-6-8-10-14/h5-10,15-17,21H,1,11-13H2,2-4H3/t15-,16-,17+/m0/s1. The summed E-state index contributed by atoms with van der Waals surface area (Å²) in [6.45, 7) is 10.2. The molecule has 0 radical (unpaired) electrons. The summed E-state index contributed by atoms with van der Waals surface area (Å²) in [4.78, 5) is 14.7. The van der Waals surface area contributed by atoms with Crippen molar-refractivity contribution in [3.63, 3.8) is 0 Å². The summed E-state index contributed by atoms with van der Waals surface area (Å²) in [5.41, 5.74) is 0.614. The van der Waals surface area contributed by atoms with Gasteiger partial charge in [-0.1, -0.05) is 36.4 Å². The first-order chi connectivity index (χ1) is 10.9. The van der Waals surface area contributed by atoms with E-state index in [4.69, 9.17) is 4.74 Å². The van der Waals surface area contributed by atoms with Crippen molar-refractivity contribution in [1.29, 1.82) is 0 Å². The van der Waals surface area contributed by atoms with Gasteiger partial charge in [-0.15, -0.1) is 6.58 Å². The third-order valence-corrected chi connectivity index (χ3v) is 4.16. The number of nitrogens with zero attached hydrogens (tertiary/aromatic N) is 1. The molecule has 126 valence electrons. The van der Waals surface area contributed by atoms with Gasteiger partial charge in [0, 0.05) is 25.1 Å². The highest BCUT2D eigenvalue weighted by Crippen LogP contribution is 2.33. The lowest BCUT2D eigenvalue weighted by Crippen LogP contribution is -2.43. The number of benzene rings is 1. The summed E-state index contributed by atoms with van der Waals surface area (Å²) in [5.74, 6) is -0.218. The number of carbonyl (C=O) groups excluding carboxylic acids is 1. The number of hydrogen-bond donors (Lipinski definition) is 1. The van der Waals surface area contributed by atoms with Crippen LogP contribution >= 0.6 is 0 Å². The van der Waals surface area contributed by atoms with E-state index in [-0.39, 0.29) is 30.6 Å². The topological polar surface area (TPSA) is 49.8 Å². The summed E-state index contributed by atoms with van der Waals surface area (Å²) in [6.07, 6.45) is 2.42. The van der Waals surface area contributed by atoms with E-state index in [2.05, 4.69) is 11.5 Å². The summed E-state index contributed by atoms with van der Waals surface area (Å²) < 4.78 is 5.58. The van der Waals surface area contributed by atoms with Crippen LogP contribution in [0.3, 0.4) is 0 Å². The van der Waals surface area contributed by atoms with Gasteiger partial charge in [0.1, 0.15) is 11.6 Å². The van der Waals surface area contributed by atoms with Crippen LogP contribution in [0.15, 0.2) is 43.0 Å². The quantitative estimate of drug-likeness (QED) is 0.670. The molecule has 1 aliphatic heterocycles. The Morgan fingerprint density at radius 2 is 2.04 bits per heavy atom. The van der Waals surface area contributed by atoms with Crippen LogP contribution in [0.4, 0.5) is 0 Å². The molecular weight excluding hydrogens is 290 g/mol. The van der Waals surface area contributed by atoms with Crippen LogP contribution in [-0.2, 0) is 16.1 Å². The molecule has 1 N–H and O–H groups in total. The average Bonchev–Trinajstić information content (AvgIpc) is 2.84. The highest BCUT2D eigenvalue weighted by atomic mass is 16.6. The molecule has 0 aliphatic carbocycles. The zero-order chi connectivity index (χ0) is 17.0. The van der Waals surface area contributed by atoms with E-state index < -0.39 is 5.60 Å². The van der Waals surface area contributed by atoms with Crippen LogP contribution in [-0.4, -0.2) is 40.3 Å². The van der Waals surface area contributed by atoms with Crippen molar-refractivity contribution in [2.45, 2.75) is 51.4 Å². The third kappa shape index (κ3) is 4.43. The maximum absolute atomic E-state index is 12.6. The first-order valence-corrected chi connectivity index (χ1v) is 8.11. The van der Waals surface area contributed by atoms with E-state index in [1.807, 2.05) is 57.2 Å². The molecule has 0 spiro atoms. The van der Waals surface area contributed by atoms with Crippen LogP contribution in [0.1, 0.15) is 32.8 Å². The summed E-state index contributed by atoms with van der Waals surface area (Å²) >= 11 is 0. The largest absolute Gasteiger partial charge is 0.459 e. The molecule has 0 saturated carbocycles. The van der Waals surface area contributed by atoms with Crippen LogP contribution in [0.2, 0.25) is 0 Å². The second kappa shape index (κ2) is 7.28. The van der Waals surface area contributed by atoms with Gasteiger partial charge in [0.2, 0.25) is 0 Å². The van der Waals surface area contributed by atoms with Crippen LogP contribution < -0.4 is 0 Å². The Bertz CT molecular complexity index is 535. The highest BCUT2D eigenvalue weighted by Gasteiger charge is 2.44. The second-order valence-corrected chi connectivity index (χ2v) is 7.11. The molecule has 0 amide bonds. The minimum atomic E-state index is -0.517. The molecule has 2 rings (SSSR count). The van der Waals surface area contributed by atoms with Crippen molar-refractivity contribution in [3.05, 3.63) is 48.6 Å². The summed E-state index contributed by atoms with van der Waals surface area (Å²) in [5, 5.41) is 9.66. The van der Waals surface area contributed by atoms with E-state index in [0.717, 1.165) is 5.56 Å². The van der Waals surface area contributed by atoms with Gasteiger partial charge in [-0.3, -0.25) is 9.69 Å². The number of carbonyl (C=O) groups is 1. The highest BCUT2D eigenvalue weighted by molar-refractivity contribution is 5.77. The Balaban J connectivity index is 2.23. The van der Waals surface area contributed by atoms with Crippen molar-refractivity contribution < 1.29 is 14.6 Å². The van der Waals surface area contributed by atoms with Gasteiger partial charge in [0.15, 0.2) is 0 Å². The van der Waals surface area contributed by atoms with Crippen LogP contribution in [0.25, 0.3) is 0 Å². The normalized spacial score (nSPS) is 25.3. The van der Waals surface area contributed by atoms with Crippen molar-refractivity contribution >= 4 is 5.97 Å². The first-order valence-electron chi connectivity index (χ1n) is 8.11. The van der Waals surface area contributed by atoms with Crippen LogP contribution in [0, 0.1) is 5.92 Å². The Hall–Kier alpha value is -1.65. The Morgan fingerprint density at radius 1 is 1.39 bits per heavy atom. The lowest BCUT2D eigenvalue weighted by molar-refractivity contribution is -0.160. The molecule has 4 nitrogen and oxygen atoms in total. The van der Waals surface area contributed by atoms with Gasteiger partial charge in [0.05, 0.1) is 0 Å². The molecule has 1 aromatic carbocycles. The predicted octanol–water partition coefficient (Wildman–Crippen LogP) is 2.77. The monoisotopic (exact) mass is 317 g/mol. The van der Waals surface area contributed by atoms with E-state index in [1.165, 1.54) is 0 Å². The van der Waals surface area contributed by atoms with Crippen molar-refractivity contribution in [2.24, 2.45) is 5.92 Å². The summed E-state index contributed by atoms with van der Waals surface area (Å²) in [7, 11) is 0. The minimum absolute atomic E-state index is 0.00808. The van der Waals surface area contributed by atoms with Crippen molar-refractivity contribution in [1.82, 2.24) is 4.90 Å². The molecule has 3 atom stereocenters. The molecular formula is C19H27NO3. The van der Waals surface area contributed by atoms with E-state index in [1.54, 1.807) is 0 Å². The molecule has 0 bridgehead atoms. The molecule has 0 unspecified atom stereocenters. The molecule has 1 heterocycles. The second-order valence-electron chi connectivity index (χ2n) is 7.11. The molecule has 1 fully saturated rings. The van der Waals surface area contributed by atoms with Crippen molar-refractivity contribution in [2.75, 3.05) is 6.61 Å². The predicted molar refractivity (Wildman–Crippen MR) is 90.8 cm³/mol. The summed E-state index contributed by atoms with van der Waals surface area (Å²) in [6, 6.07) is 9.64. The first kappa shape index (κ1) is 17.7. The van der Waals surface area contributed by atoms with Crippen molar-refractivity contribution in [3.8, 4) is 0 Å². The van der Waals surface area contributed by atoms with E-state index >= 15 is 0 Å². The maximum Gasteiger partial charge on any atom is 0.323 e. The van der Waals surface area contributed by atoms with Gasteiger partial charge in [-0.05, 0) is 32.8 Å². The average molecular weight is 317 g/mol. The van der Waals surface area contributed by atoms with E-state index in [0.29, 0.717) is 13.0 Å². The zero-order valence-electron chi connectivity index (χ0n) is 14.2. The zero-order valence-corrected chi connectivity index (χ0v) is 14.2. The third-order valence-electron chi connectivity index (χ3n) is 4.16. The molecule has 1 aromatic rings. The van der Waals surface area contributed by atoms with Gasteiger partial charge in [-0.2, -0.15) is 0 Å². The number of rotatable bonds is 5. The lowest BCUT2D eigenvalue weighted by atomic mass is 10.00. The number of esters is 1. The molecule has 23 heavy (non-hydrogen) atoms. The Morgan fingerprint density at radius 3 is 2.57 bits per heavy atom. The molecule has 1 saturated heterocycles. The Labute approximate surface area is 138 Å². The lowest BCUT2D eigenvalue weighted by Gasteiger charge is -2.30. The van der Waals surface area contributed by atoms with Gasteiger partial charge >= 0.3 is 5.97 Å². The smallest absolute Gasteiger partial charge is 0.323 e. The fraction of sp³-hybridized carbons (Fsp3) is 0.526. The fourth-order valence-corrected chi connectivity index (χ4v) is 3.16. The number of ether oxygens (including phenoxy) is 1. The molecule has 1 aliphatic rings. The van der Waals surface area contributed by atoms with Gasteiger partial charge < -0.3 is 9.84 Å². The molecule has 4 heteroatoms. The van der Waals surface area contributed by atoms with E-state index in [9.17, 15) is 9.90 Å².